The molecule has 0 aliphatic carbocycles. The second kappa shape index (κ2) is 8.54. The lowest BCUT2D eigenvalue weighted by atomic mass is 9.84. The van der Waals surface area contributed by atoms with E-state index in [1.807, 2.05) is 45.9 Å². The van der Waals surface area contributed by atoms with E-state index in [-0.39, 0.29) is 18.1 Å². The summed E-state index contributed by atoms with van der Waals surface area (Å²) in [6.07, 6.45) is -2.38. The largest absolute Gasteiger partial charge is 0.496 e. The molecule has 2 aromatic carbocycles. The Bertz CT molecular complexity index is 1110. The molecule has 0 fully saturated rings. The molecule has 2 heterocycles. The lowest BCUT2D eigenvalue weighted by molar-refractivity contribution is -0.147. The Labute approximate surface area is 198 Å². The van der Waals surface area contributed by atoms with Crippen molar-refractivity contribution in [3.05, 3.63) is 52.0 Å². The van der Waals surface area contributed by atoms with E-state index in [1.54, 1.807) is 24.1 Å². The van der Waals surface area contributed by atoms with Gasteiger partial charge in [0.25, 0.3) is 5.91 Å². The number of carboxylic acid groups (broad SMARTS) is 1. The summed E-state index contributed by atoms with van der Waals surface area (Å²) in [5.74, 6) is -0.359. The van der Waals surface area contributed by atoms with Crippen LogP contribution in [0.5, 0.6) is 11.5 Å². The highest BCUT2D eigenvalue weighted by Gasteiger charge is 2.47. The van der Waals surface area contributed by atoms with Gasteiger partial charge in [-0.05, 0) is 35.6 Å². The molecule has 33 heavy (non-hydrogen) atoms. The normalized spacial score (nSPS) is 22.3. The molecule has 0 saturated heterocycles. The number of rotatable bonds is 4. The Kier molecular flexibility index (Phi) is 6.05. The minimum atomic E-state index is -1.18. The van der Waals surface area contributed by atoms with E-state index in [2.05, 4.69) is 0 Å². The lowest BCUT2D eigenvalue weighted by Crippen LogP contribution is -2.56. The number of carbonyl (C=O) groups is 2. The van der Waals surface area contributed by atoms with Crippen molar-refractivity contribution in [2.45, 2.75) is 52.4 Å². The van der Waals surface area contributed by atoms with Gasteiger partial charge in [0.05, 0.1) is 25.3 Å². The lowest BCUT2D eigenvalue weighted by Gasteiger charge is -2.44. The first-order valence-electron chi connectivity index (χ1n) is 10.8. The van der Waals surface area contributed by atoms with Crippen molar-refractivity contribution in [2.24, 2.45) is 5.41 Å². The first-order valence-corrected chi connectivity index (χ1v) is 11.2. The summed E-state index contributed by atoms with van der Waals surface area (Å²) in [6, 6.07) is 8.70. The minimum absolute atomic E-state index is 0.269. The number of benzene rings is 2. The molecule has 1 amide bonds. The van der Waals surface area contributed by atoms with E-state index in [0.717, 1.165) is 11.1 Å². The Hall–Kier alpha value is -2.77. The summed E-state index contributed by atoms with van der Waals surface area (Å²) >= 11 is 6.46. The van der Waals surface area contributed by atoms with Gasteiger partial charge in [-0.3, -0.25) is 14.5 Å². The van der Waals surface area contributed by atoms with E-state index in [0.29, 0.717) is 27.8 Å². The zero-order valence-electron chi connectivity index (χ0n) is 19.3. The van der Waals surface area contributed by atoms with Crippen LogP contribution in [0, 0.1) is 12.3 Å². The van der Waals surface area contributed by atoms with E-state index in [4.69, 9.17) is 25.8 Å². The fraction of sp³-hybridized carbons (Fsp3) is 0.440. The smallest absolute Gasteiger partial charge is 0.306 e. The predicted molar refractivity (Wildman–Crippen MR) is 124 cm³/mol. The van der Waals surface area contributed by atoms with E-state index >= 15 is 0 Å². The van der Waals surface area contributed by atoms with Gasteiger partial charge in [-0.25, -0.2) is 0 Å². The first kappa shape index (κ1) is 23.4. The molecule has 0 radical (unpaired) electrons. The molecule has 176 valence electrons. The summed E-state index contributed by atoms with van der Waals surface area (Å²) in [7, 11) is 1.58. The van der Waals surface area contributed by atoms with Crippen molar-refractivity contribution in [3.8, 4) is 11.5 Å². The molecule has 2 aromatic rings. The fourth-order valence-corrected chi connectivity index (χ4v) is 4.80. The predicted octanol–water partition coefficient (Wildman–Crippen LogP) is 4.76. The van der Waals surface area contributed by atoms with Crippen LogP contribution in [0.3, 0.4) is 0 Å². The van der Waals surface area contributed by atoms with Crippen LogP contribution in [0.2, 0.25) is 5.02 Å². The minimum Gasteiger partial charge on any atom is -0.496 e. The highest BCUT2D eigenvalue weighted by atomic mass is 35.5. The molecule has 0 bridgehead atoms. The van der Waals surface area contributed by atoms with Crippen molar-refractivity contribution in [3.63, 3.8) is 0 Å². The number of ether oxygens (including phenoxy) is 3. The van der Waals surface area contributed by atoms with Crippen LogP contribution in [-0.2, 0) is 14.3 Å². The van der Waals surface area contributed by atoms with Crippen molar-refractivity contribution in [1.82, 2.24) is 0 Å². The molecule has 7 nitrogen and oxygen atoms in total. The number of hydrogen-bond acceptors (Lipinski definition) is 5. The van der Waals surface area contributed by atoms with Gasteiger partial charge in [-0.2, -0.15) is 0 Å². The summed E-state index contributed by atoms with van der Waals surface area (Å²) in [5.41, 5.74) is 2.50. The highest BCUT2D eigenvalue weighted by Crippen LogP contribution is 2.50. The average molecular weight is 474 g/mol. The molecule has 0 spiro atoms. The van der Waals surface area contributed by atoms with Gasteiger partial charge in [0, 0.05) is 16.7 Å². The van der Waals surface area contributed by atoms with Crippen molar-refractivity contribution in [2.75, 3.05) is 18.6 Å². The molecule has 3 atom stereocenters. The number of nitrogens with zero attached hydrogens (tertiary/aromatic N) is 1. The summed E-state index contributed by atoms with van der Waals surface area (Å²) in [4.78, 5) is 27.2. The van der Waals surface area contributed by atoms with Crippen molar-refractivity contribution in [1.29, 1.82) is 0 Å². The monoisotopic (exact) mass is 473 g/mol. The van der Waals surface area contributed by atoms with Gasteiger partial charge in [0.2, 0.25) is 0 Å². The zero-order valence-corrected chi connectivity index (χ0v) is 20.1. The number of halogens is 1. The summed E-state index contributed by atoms with van der Waals surface area (Å²) in [5, 5.41) is 10.0. The van der Waals surface area contributed by atoms with Crippen molar-refractivity contribution >= 4 is 29.2 Å². The fourth-order valence-electron chi connectivity index (χ4n) is 4.58. The van der Waals surface area contributed by atoms with E-state index < -0.39 is 30.5 Å². The third-order valence-electron chi connectivity index (χ3n) is 6.30. The molecule has 0 aromatic heterocycles. The molecule has 2 aliphatic rings. The van der Waals surface area contributed by atoms with Crippen LogP contribution < -0.4 is 14.4 Å². The molecule has 8 heteroatoms. The van der Waals surface area contributed by atoms with Gasteiger partial charge in [-0.15, -0.1) is 0 Å². The van der Waals surface area contributed by atoms with Crippen molar-refractivity contribution < 1.29 is 28.9 Å². The maximum Gasteiger partial charge on any atom is 0.306 e. The quantitative estimate of drug-likeness (QED) is 0.689. The van der Waals surface area contributed by atoms with Crippen LogP contribution in [0.1, 0.15) is 50.0 Å². The number of methoxy groups -OCH3 is 1. The summed E-state index contributed by atoms with van der Waals surface area (Å²) in [6.45, 7) is 8.24. The van der Waals surface area contributed by atoms with Gasteiger partial charge in [0.1, 0.15) is 30.3 Å². The second-order valence-corrected chi connectivity index (χ2v) is 9.96. The van der Waals surface area contributed by atoms with Gasteiger partial charge in [-0.1, -0.05) is 44.5 Å². The van der Waals surface area contributed by atoms with Crippen LogP contribution in [0.25, 0.3) is 0 Å². The Morgan fingerprint density at radius 3 is 2.64 bits per heavy atom. The van der Waals surface area contributed by atoms with Crippen LogP contribution in [-0.4, -0.2) is 42.8 Å². The number of amides is 1. The number of hydrogen-bond donors (Lipinski definition) is 1. The highest BCUT2D eigenvalue weighted by molar-refractivity contribution is 6.31. The van der Waals surface area contributed by atoms with Crippen LogP contribution in [0.15, 0.2) is 30.3 Å². The van der Waals surface area contributed by atoms with E-state index in [1.165, 1.54) is 0 Å². The molecule has 1 N–H and O–H groups in total. The maximum absolute atomic E-state index is 13.8. The van der Waals surface area contributed by atoms with E-state index in [9.17, 15) is 14.7 Å². The van der Waals surface area contributed by atoms with Gasteiger partial charge >= 0.3 is 5.97 Å². The SMILES string of the molecule is COc1cccc([C@H]2O[C@H](CC(=O)O)C(=O)N3c4c(cc(Cl)cc42)OC[C@H]3C(C)(C)C)c1C. The first-order chi connectivity index (χ1) is 15.5. The standard InChI is InChI=1S/C25H28ClNO6/c1-13-15(7-6-8-17(13)31-5)23-16-9-14(26)10-18-22(16)27(20(12-32-18)25(2,3)4)24(30)19(33-23)11-21(28)29/h6-10,19-20,23H,11-12H2,1-5H3,(H,28,29)/t19-,20+,23-/m1/s1. The maximum atomic E-state index is 13.8. The third kappa shape index (κ3) is 4.15. The number of aliphatic carboxylic acids is 1. The molecular weight excluding hydrogens is 446 g/mol. The average Bonchev–Trinajstić information content (AvgIpc) is 2.84. The van der Waals surface area contributed by atoms with Gasteiger partial charge in [0.15, 0.2) is 0 Å². The molecule has 2 aliphatic heterocycles. The Morgan fingerprint density at radius 2 is 2.00 bits per heavy atom. The molecule has 4 rings (SSSR count). The Morgan fingerprint density at radius 1 is 1.27 bits per heavy atom. The van der Waals surface area contributed by atoms with Crippen LogP contribution >= 0.6 is 11.6 Å². The molecule has 0 saturated carbocycles. The molecular formula is C25H28ClNO6. The zero-order chi connectivity index (χ0) is 24.1. The summed E-state index contributed by atoms with van der Waals surface area (Å²) < 4.78 is 17.9. The molecule has 0 unspecified atom stereocenters. The van der Waals surface area contributed by atoms with Gasteiger partial charge < -0.3 is 19.3 Å². The topological polar surface area (TPSA) is 85.3 Å². The third-order valence-corrected chi connectivity index (χ3v) is 6.52. The Balaban J connectivity index is 2.00. The number of carbonyl (C=O) groups excluding carboxylic acids is 1. The van der Waals surface area contributed by atoms with Crippen LogP contribution in [0.4, 0.5) is 5.69 Å². The number of anilines is 1. The number of carboxylic acids is 1. The second-order valence-electron chi connectivity index (χ2n) is 9.52.